The van der Waals surface area contributed by atoms with Gasteiger partial charge in [-0.25, -0.2) is 0 Å². The van der Waals surface area contributed by atoms with Crippen LogP contribution in [0.3, 0.4) is 0 Å². The van der Waals surface area contributed by atoms with Crippen LogP contribution in [0, 0.1) is 0 Å². The lowest BCUT2D eigenvalue weighted by Crippen LogP contribution is -2.46. The molecular formula is C20H22N2O4. The van der Waals surface area contributed by atoms with Gasteiger partial charge in [0.2, 0.25) is 0 Å². The molecule has 1 heterocycles. The van der Waals surface area contributed by atoms with Gasteiger partial charge in [-0.2, -0.15) is 0 Å². The third kappa shape index (κ3) is 3.96. The van der Waals surface area contributed by atoms with Gasteiger partial charge in [0.15, 0.2) is 0 Å². The van der Waals surface area contributed by atoms with Gasteiger partial charge in [-0.05, 0) is 49.2 Å². The van der Waals surface area contributed by atoms with E-state index in [1.54, 1.807) is 54.5 Å². The number of ether oxygens (including phenoxy) is 1. The van der Waals surface area contributed by atoms with Gasteiger partial charge in [-0.15, -0.1) is 0 Å². The molecule has 2 aromatic carbocycles. The molecule has 0 spiro atoms. The third-order valence-corrected chi connectivity index (χ3v) is 4.60. The van der Waals surface area contributed by atoms with Crippen LogP contribution in [0.25, 0.3) is 0 Å². The first-order valence-electron chi connectivity index (χ1n) is 8.60. The van der Waals surface area contributed by atoms with Gasteiger partial charge in [-0.1, -0.05) is 12.1 Å². The van der Waals surface area contributed by atoms with E-state index in [0.717, 1.165) is 0 Å². The summed E-state index contributed by atoms with van der Waals surface area (Å²) in [6, 6.07) is 13.5. The molecule has 136 valence electrons. The van der Waals surface area contributed by atoms with E-state index in [2.05, 4.69) is 5.32 Å². The van der Waals surface area contributed by atoms with E-state index in [9.17, 15) is 14.7 Å². The van der Waals surface area contributed by atoms with Gasteiger partial charge in [-0.3, -0.25) is 9.59 Å². The van der Waals surface area contributed by atoms with Crippen LogP contribution < -0.4 is 10.1 Å². The van der Waals surface area contributed by atoms with Crippen LogP contribution in [0.1, 0.15) is 33.6 Å². The van der Waals surface area contributed by atoms with E-state index in [1.807, 2.05) is 0 Å². The molecule has 2 N–H and O–H groups in total. The topological polar surface area (TPSA) is 78.9 Å². The van der Waals surface area contributed by atoms with Crippen LogP contribution in [0.2, 0.25) is 0 Å². The van der Waals surface area contributed by atoms with E-state index in [1.165, 1.54) is 6.07 Å². The second-order valence-corrected chi connectivity index (χ2v) is 6.29. The van der Waals surface area contributed by atoms with Gasteiger partial charge in [0.25, 0.3) is 11.8 Å². The highest BCUT2D eigenvalue weighted by molar-refractivity contribution is 5.97. The summed E-state index contributed by atoms with van der Waals surface area (Å²) >= 11 is 0. The molecule has 0 bridgehead atoms. The van der Waals surface area contributed by atoms with Gasteiger partial charge < -0.3 is 20.1 Å². The average molecular weight is 354 g/mol. The molecule has 2 aromatic rings. The molecule has 0 atom stereocenters. The maximum absolute atomic E-state index is 12.5. The lowest BCUT2D eigenvalue weighted by Gasteiger charge is -2.32. The molecule has 0 aromatic heterocycles. The number of phenolic OH excluding ortho intramolecular Hbond substituents is 1. The Balaban J connectivity index is 1.54. The maximum Gasteiger partial charge on any atom is 0.257 e. The summed E-state index contributed by atoms with van der Waals surface area (Å²) in [4.78, 5) is 26.5. The normalized spacial score (nSPS) is 14.7. The van der Waals surface area contributed by atoms with Crippen molar-refractivity contribution in [1.29, 1.82) is 0 Å². The van der Waals surface area contributed by atoms with Gasteiger partial charge in [0.05, 0.1) is 12.7 Å². The maximum atomic E-state index is 12.5. The van der Waals surface area contributed by atoms with E-state index >= 15 is 0 Å². The second kappa shape index (κ2) is 7.91. The number of para-hydroxylation sites is 1. The first kappa shape index (κ1) is 17.8. The monoisotopic (exact) mass is 354 g/mol. The fourth-order valence-electron chi connectivity index (χ4n) is 3.06. The van der Waals surface area contributed by atoms with Crippen molar-refractivity contribution in [2.24, 2.45) is 0 Å². The number of hydrogen-bond donors (Lipinski definition) is 2. The zero-order chi connectivity index (χ0) is 18.5. The molecule has 1 aliphatic heterocycles. The summed E-state index contributed by atoms with van der Waals surface area (Å²) in [5, 5.41) is 12.8. The van der Waals surface area contributed by atoms with Crippen LogP contribution in [0.5, 0.6) is 11.5 Å². The number of phenols is 1. The fraction of sp³-hybridized carbons (Fsp3) is 0.300. The predicted molar refractivity (Wildman–Crippen MR) is 97.5 cm³/mol. The van der Waals surface area contributed by atoms with Gasteiger partial charge in [0, 0.05) is 24.7 Å². The van der Waals surface area contributed by atoms with Crippen LogP contribution in [-0.2, 0) is 0 Å². The number of methoxy groups -OCH3 is 1. The number of rotatable bonds is 4. The quantitative estimate of drug-likeness (QED) is 0.884. The van der Waals surface area contributed by atoms with Gasteiger partial charge >= 0.3 is 0 Å². The molecule has 0 radical (unpaired) electrons. The number of nitrogens with zero attached hydrogens (tertiary/aromatic N) is 1. The molecule has 1 fully saturated rings. The molecule has 3 rings (SSSR count). The second-order valence-electron chi connectivity index (χ2n) is 6.29. The van der Waals surface area contributed by atoms with E-state index in [0.29, 0.717) is 42.8 Å². The van der Waals surface area contributed by atoms with Crippen molar-refractivity contribution in [3.05, 3.63) is 59.7 Å². The number of amides is 2. The van der Waals surface area contributed by atoms with Crippen molar-refractivity contribution in [2.45, 2.75) is 18.9 Å². The molecule has 6 nitrogen and oxygen atoms in total. The Morgan fingerprint density at radius 1 is 1.08 bits per heavy atom. The van der Waals surface area contributed by atoms with Crippen LogP contribution in [-0.4, -0.2) is 48.1 Å². The van der Waals surface area contributed by atoms with Crippen molar-refractivity contribution >= 4 is 11.8 Å². The number of aromatic hydroxyl groups is 1. The smallest absolute Gasteiger partial charge is 0.257 e. The number of hydrogen-bond acceptors (Lipinski definition) is 4. The molecule has 1 saturated heterocycles. The van der Waals surface area contributed by atoms with E-state index < -0.39 is 0 Å². The number of benzene rings is 2. The minimum atomic E-state index is -0.178. The van der Waals surface area contributed by atoms with E-state index in [4.69, 9.17) is 4.74 Å². The van der Waals surface area contributed by atoms with Crippen molar-refractivity contribution < 1.29 is 19.4 Å². The molecule has 0 unspecified atom stereocenters. The summed E-state index contributed by atoms with van der Waals surface area (Å²) in [6.45, 7) is 1.08. The Morgan fingerprint density at radius 3 is 2.35 bits per heavy atom. The summed E-state index contributed by atoms with van der Waals surface area (Å²) in [7, 11) is 1.58. The standard InChI is InChI=1S/C20H22N2O4/c1-26-16-8-6-14(7-9-16)19(24)21-15-10-12-22(13-11-15)20(25)17-4-2-3-5-18(17)23/h2-9,15,23H,10-13H2,1H3,(H,21,24). The highest BCUT2D eigenvalue weighted by atomic mass is 16.5. The Hall–Kier alpha value is -3.02. The zero-order valence-corrected chi connectivity index (χ0v) is 14.6. The Bertz CT molecular complexity index is 781. The molecule has 6 heteroatoms. The van der Waals surface area contributed by atoms with Crippen LogP contribution >= 0.6 is 0 Å². The number of likely N-dealkylation sites (tertiary alicyclic amines) is 1. The van der Waals surface area contributed by atoms with Crippen molar-refractivity contribution in [3.63, 3.8) is 0 Å². The van der Waals surface area contributed by atoms with Crippen molar-refractivity contribution in [1.82, 2.24) is 10.2 Å². The molecular weight excluding hydrogens is 332 g/mol. The Labute approximate surface area is 152 Å². The van der Waals surface area contributed by atoms with Gasteiger partial charge in [0.1, 0.15) is 11.5 Å². The molecule has 1 aliphatic rings. The number of piperidine rings is 1. The molecule has 0 saturated carbocycles. The molecule has 26 heavy (non-hydrogen) atoms. The predicted octanol–water partition coefficient (Wildman–Crippen LogP) is 2.44. The molecule has 2 amide bonds. The van der Waals surface area contributed by atoms with E-state index in [-0.39, 0.29) is 23.6 Å². The number of carbonyl (C=O) groups excluding carboxylic acids is 2. The van der Waals surface area contributed by atoms with Crippen molar-refractivity contribution in [3.8, 4) is 11.5 Å². The lowest BCUT2D eigenvalue weighted by molar-refractivity contribution is 0.0695. The largest absolute Gasteiger partial charge is 0.507 e. The lowest BCUT2D eigenvalue weighted by atomic mass is 10.0. The third-order valence-electron chi connectivity index (χ3n) is 4.60. The summed E-state index contributed by atoms with van der Waals surface area (Å²) in [6.07, 6.45) is 1.36. The summed E-state index contributed by atoms with van der Waals surface area (Å²) < 4.78 is 5.09. The van der Waals surface area contributed by atoms with Crippen LogP contribution in [0.4, 0.5) is 0 Å². The van der Waals surface area contributed by atoms with Crippen LogP contribution in [0.15, 0.2) is 48.5 Å². The fourth-order valence-corrected chi connectivity index (χ4v) is 3.06. The SMILES string of the molecule is COc1ccc(C(=O)NC2CCN(C(=O)c3ccccc3O)CC2)cc1. The minimum absolute atomic E-state index is 0.00701. The van der Waals surface area contributed by atoms with Crippen molar-refractivity contribution in [2.75, 3.05) is 20.2 Å². The number of nitrogens with one attached hydrogen (secondary N) is 1. The minimum Gasteiger partial charge on any atom is -0.507 e. The Morgan fingerprint density at radius 2 is 1.73 bits per heavy atom. The zero-order valence-electron chi connectivity index (χ0n) is 14.6. The average Bonchev–Trinajstić information content (AvgIpc) is 2.68. The highest BCUT2D eigenvalue weighted by Crippen LogP contribution is 2.21. The summed E-state index contributed by atoms with van der Waals surface area (Å²) in [5.41, 5.74) is 0.895. The number of carbonyl (C=O) groups is 2. The highest BCUT2D eigenvalue weighted by Gasteiger charge is 2.26. The first-order chi connectivity index (χ1) is 12.6. The summed E-state index contributed by atoms with van der Waals surface area (Å²) in [5.74, 6) is 0.395. The first-order valence-corrected chi connectivity index (χ1v) is 8.60. The Kier molecular flexibility index (Phi) is 5.41. The molecule has 0 aliphatic carbocycles.